The maximum absolute atomic E-state index is 13.5. The molecule has 7 heteroatoms. The van der Waals surface area contributed by atoms with Gasteiger partial charge in [0, 0.05) is 36.6 Å². The summed E-state index contributed by atoms with van der Waals surface area (Å²) in [7, 11) is 0. The molecule has 2 atom stereocenters. The third-order valence-electron chi connectivity index (χ3n) is 6.31. The molecule has 7 nitrogen and oxygen atoms in total. The first-order chi connectivity index (χ1) is 15.0. The first-order valence-electron chi connectivity index (χ1n) is 11.1. The zero-order valence-electron chi connectivity index (χ0n) is 18.3. The predicted octanol–water partition coefficient (Wildman–Crippen LogP) is 3.33. The van der Waals surface area contributed by atoms with Crippen molar-refractivity contribution in [1.82, 2.24) is 24.6 Å². The Balaban J connectivity index is 1.41. The molecule has 2 aliphatic heterocycles. The summed E-state index contributed by atoms with van der Waals surface area (Å²) in [5, 5.41) is 4.58. The molecule has 2 bridgehead atoms. The minimum Gasteiger partial charge on any atom is -0.333 e. The molecular weight excluding hydrogens is 388 g/mol. The Morgan fingerprint density at radius 3 is 2.39 bits per heavy atom. The van der Waals surface area contributed by atoms with E-state index in [9.17, 15) is 4.79 Å². The van der Waals surface area contributed by atoms with Crippen molar-refractivity contribution in [2.75, 3.05) is 18.0 Å². The highest BCUT2D eigenvalue weighted by Crippen LogP contribution is 2.34. The van der Waals surface area contributed by atoms with Gasteiger partial charge in [0.25, 0.3) is 5.91 Å². The van der Waals surface area contributed by atoms with E-state index in [-0.39, 0.29) is 18.0 Å². The first-order valence-corrected chi connectivity index (χ1v) is 11.1. The number of aromatic nitrogens is 4. The van der Waals surface area contributed by atoms with Crippen molar-refractivity contribution in [3.63, 3.8) is 0 Å². The van der Waals surface area contributed by atoms with Crippen LogP contribution in [0.3, 0.4) is 0 Å². The molecule has 0 N–H and O–H groups in total. The lowest BCUT2D eigenvalue weighted by atomic mass is 10.1. The van der Waals surface area contributed by atoms with Crippen molar-refractivity contribution in [2.24, 2.45) is 0 Å². The van der Waals surface area contributed by atoms with Gasteiger partial charge < -0.3 is 9.80 Å². The lowest BCUT2D eigenvalue weighted by molar-refractivity contribution is 0.0707. The minimum absolute atomic E-state index is 0.0420. The van der Waals surface area contributed by atoms with Gasteiger partial charge in [-0.25, -0.2) is 14.6 Å². The summed E-state index contributed by atoms with van der Waals surface area (Å²) in [5.41, 5.74) is 4.44. The lowest BCUT2D eigenvalue weighted by Gasteiger charge is -2.41. The Hall–Kier alpha value is -3.22. The van der Waals surface area contributed by atoms with Gasteiger partial charge in [0.15, 0.2) is 0 Å². The molecule has 0 spiro atoms. The van der Waals surface area contributed by atoms with Crippen molar-refractivity contribution < 1.29 is 4.79 Å². The third kappa shape index (κ3) is 3.58. The van der Waals surface area contributed by atoms with Gasteiger partial charge in [-0.1, -0.05) is 25.1 Å². The van der Waals surface area contributed by atoms with E-state index in [1.165, 1.54) is 0 Å². The molecule has 2 unspecified atom stereocenters. The minimum atomic E-state index is 0.0420. The molecule has 31 heavy (non-hydrogen) atoms. The number of nitrogens with zero attached hydrogens (tertiary/aromatic N) is 6. The fraction of sp³-hybridized carbons (Fsp3) is 0.417. The average molecular weight is 417 g/mol. The summed E-state index contributed by atoms with van der Waals surface area (Å²) >= 11 is 0. The van der Waals surface area contributed by atoms with Crippen LogP contribution in [0.25, 0.3) is 5.69 Å². The number of hydrogen-bond donors (Lipinski definition) is 0. The first kappa shape index (κ1) is 19.7. The molecule has 2 aliphatic rings. The van der Waals surface area contributed by atoms with Crippen LogP contribution in [-0.2, 0) is 6.42 Å². The molecule has 0 radical (unpaired) electrons. The topological polar surface area (TPSA) is 67.2 Å². The normalized spacial score (nSPS) is 20.4. The molecule has 160 valence electrons. The largest absolute Gasteiger partial charge is 0.333 e. The van der Waals surface area contributed by atoms with E-state index in [1.54, 1.807) is 4.68 Å². The fourth-order valence-corrected chi connectivity index (χ4v) is 4.89. The number of likely N-dealkylation sites (tertiary alicyclic amines) is 1. The number of fused-ring (bicyclic) bond motifs is 2. The number of rotatable bonds is 4. The number of piperazine rings is 1. The van der Waals surface area contributed by atoms with Crippen LogP contribution >= 0.6 is 0 Å². The smallest absolute Gasteiger partial charge is 0.272 e. The molecule has 5 rings (SSSR count). The maximum atomic E-state index is 13.5. The zero-order valence-corrected chi connectivity index (χ0v) is 18.3. The number of benzene rings is 1. The van der Waals surface area contributed by atoms with Gasteiger partial charge in [0.1, 0.15) is 5.69 Å². The number of carbonyl (C=O) groups excluding carboxylic acids is 1. The lowest BCUT2D eigenvalue weighted by Crippen LogP contribution is -2.56. The summed E-state index contributed by atoms with van der Waals surface area (Å²) in [6.45, 7) is 7.45. The van der Waals surface area contributed by atoms with Gasteiger partial charge in [-0.2, -0.15) is 5.10 Å². The molecule has 0 saturated carbocycles. The van der Waals surface area contributed by atoms with Crippen LogP contribution in [0.4, 0.5) is 5.95 Å². The van der Waals surface area contributed by atoms with Gasteiger partial charge in [-0.15, -0.1) is 0 Å². The van der Waals surface area contributed by atoms with E-state index in [0.717, 1.165) is 48.0 Å². The van der Waals surface area contributed by atoms with Gasteiger partial charge >= 0.3 is 0 Å². The van der Waals surface area contributed by atoms with Crippen LogP contribution in [0.2, 0.25) is 0 Å². The molecular formula is C24H28N6O. The van der Waals surface area contributed by atoms with E-state index in [4.69, 9.17) is 9.97 Å². The Kier molecular flexibility index (Phi) is 4.96. The molecule has 2 saturated heterocycles. The van der Waals surface area contributed by atoms with E-state index in [2.05, 4.69) is 23.0 Å². The van der Waals surface area contributed by atoms with E-state index < -0.39 is 0 Å². The number of carbonyl (C=O) groups is 1. The summed E-state index contributed by atoms with van der Waals surface area (Å²) in [6.07, 6.45) is 3.02. The summed E-state index contributed by atoms with van der Waals surface area (Å²) in [5.74, 6) is 0.863. The summed E-state index contributed by atoms with van der Waals surface area (Å²) < 4.78 is 1.77. The molecule has 0 aliphatic carbocycles. The second kappa shape index (κ2) is 7.80. The Morgan fingerprint density at radius 2 is 1.71 bits per heavy atom. The average Bonchev–Trinajstić information content (AvgIpc) is 3.30. The fourth-order valence-electron chi connectivity index (χ4n) is 4.89. The zero-order chi connectivity index (χ0) is 21.5. The monoisotopic (exact) mass is 416 g/mol. The van der Waals surface area contributed by atoms with Gasteiger partial charge in [0.2, 0.25) is 5.95 Å². The number of amides is 1. The van der Waals surface area contributed by atoms with Gasteiger partial charge in [0.05, 0.1) is 11.4 Å². The SMILES string of the molecule is CCc1cc(C)nc(N2C3CCC2CN(C(=O)c2cc(C)nn2-c2ccccc2)C3)n1. The predicted molar refractivity (Wildman–Crippen MR) is 120 cm³/mol. The Bertz CT molecular complexity index is 1090. The van der Waals surface area contributed by atoms with Crippen LogP contribution in [-0.4, -0.2) is 55.7 Å². The molecule has 2 aromatic heterocycles. The molecule has 1 aromatic carbocycles. The highest BCUT2D eigenvalue weighted by Gasteiger charge is 2.43. The van der Waals surface area contributed by atoms with Crippen LogP contribution in [0, 0.1) is 13.8 Å². The Labute approximate surface area is 182 Å². The van der Waals surface area contributed by atoms with E-state index >= 15 is 0 Å². The standard InChI is InChI=1S/C24H28N6O/c1-4-18-12-16(2)25-24(26-18)29-20-10-11-21(29)15-28(14-20)23(31)22-13-17(3)27-30(22)19-8-6-5-7-9-19/h5-9,12-13,20-21H,4,10-11,14-15H2,1-3H3. The van der Waals surface area contributed by atoms with Crippen molar-refractivity contribution in [1.29, 1.82) is 0 Å². The third-order valence-corrected chi connectivity index (χ3v) is 6.31. The number of anilines is 1. The number of aryl methyl sites for hydroxylation is 3. The number of para-hydroxylation sites is 1. The summed E-state index contributed by atoms with van der Waals surface area (Å²) in [4.78, 5) is 27.4. The van der Waals surface area contributed by atoms with Gasteiger partial charge in [-0.05, 0) is 57.4 Å². The van der Waals surface area contributed by atoms with Crippen molar-refractivity contribution >= 4 is 11.9 Å². The second-order valence-electron chi connectivity index (χ2n) is 8.57. The Morgan fingerprint density at radius 1 is 1.00 bits per heavy atom. The molecule has 4 heterocycles. The quantitative estimate of drug-likeness (QED) is 0.653. The highest BCUT2D eigenvalue weighted by atomic mass is 16.2. The molecule has 3 aromatic rings. The second-order valence-corrected chi connectivity index (χ2v) is 8.57. The summed E-state index contributed by atoms with van der Waals surface area (Å²) in [6, 6.07) is 14.3. The molecule has 1 amide bonds. The van der Waals surface area contributed by atoms with Crippen molar-refractivity contribution in [2.45, 2.75) is 52.1 Å². The van der Waals surface area contributed by atoms with Crippen LogP contribution in [0.15, 0.2) is 42.5 Å². The maximum Gasteiger partial charge on any atom is 0.272 e. The van der Waals surface area contributed by atoms with Crippen molar-refractivity contribution in [3.8, 4) is 5.69 Å². The molecule has 2 fully saturated rings. The van der Waals surface area contributed by atoms with Crippen LogP contribution in [0.1, 0.15) is 47.3 Å². The van der Waals surface area contributed by atoms with Crippen molar-refractivity contribution in [3.05, 3.63) is 65.2 Å². The highest BCUT2D eigenvalue weighted by molar-refractivity contribution is 5.93. The van der Waals surface area contributed by atoms with Gasteiger partial charge in [-0.3, -0.25) is 4.79 Å². The van der Waals surface area contributed by atoms with E-state index in [0.29, 0.717) is 18.8 Å². The number of hydrogen-bond acceptors (Lipinski definition) is 5. The van der Waals surface area contributed by atoms with Crippen LogP contribution < -0.4 is 4.90 Å². The van der Waals surface area contributed by atoms with E-state index in [1.807, 2.05) is 55.1 Å². The van der Waals surface area contributed by atoms with Crippen LogP contribution in [0.5, 0.6) is 0 Å².